The van der Waals surface area contributed by atoms with Crippen molar-refractivity contribution < 1.29 is 9.53 Å². The number of rotatable bonds is 9. The van der Waals surface area contributed by atoms with Gasteiger partial charge in [0.05, 0.1) is 11.4 Å². The molecule has 0 aliphatic heterocycles. The molecule has 0 aliphatic rings. The highest BCUT2D eigenvalue weighted by Gasteiger charge is 2.20. The maximum absolute atomic E-state index is 13.1. The third-order valence-electron chi connectivity index (χ3n) is 6.19. The average molecular weight is 506 g/mol. The van der Waals surface area contributed by atoms with Crippen molar-refractivity contribution in [2.45, 2.75) is 25.4 Å². The number of tetrazole rings is 1. The minimum Gasteiger partial charge on any atom is -0.455 e. The molecule has 5 aromatic rings. The van der Waals surface area contributed by atoms with Crippen molar-refractivity contribution in [3.05, 3.63) is 114 Å². The second-order valence-electron chi connectivity index (χ2n) is 8.90. The van der Waals surface area contributed by atoms with Gasteiger partial charge in [-0.25, -0.2) is 4.68 Å². The minimum absolute atomic E-state index is 0.154. The number of ether oxygens (including phenoxy) is 1. The van der Waals surface area contributed by atoms with E-state index in [0.29, 0.717) is 29.9 Å². The quantitative estimate of drug-likeness (QED) is 0.223. The molecule has 0 saturated heterocycles. The molecular weight excluding hydrogens is 478 g/mol. The van der Waals surface area contributed by atoms with Crippen molar-refractivity contribution in [1.82, 2.24) is 25.2 Å². The van der Waals surface area contributed by atoms with Gasteiger partial charge in [-0.3, -0.25) is 9.78 Å². The van der Waals surface area contributed by atoms with Crippen molar-refractivity contribution in [3.63, 3.8) is 0 Å². The van der Waals surface area contributed by atoms with E-state index in [-0.39, 0.29) is 12.4 Å². The fourth-order valence-corrected chi connectivity index (χ4v) is 4.27. The van der Waals surface area contributed by atoms with E-state index in [1.807, 2.05) is 78.9 Å². The van der Waals surface area contributed by atoms with Crippen LogP contribution in [0.1, 0.15) is 29.3 Å². The van der Waals surface area contributed by atoms with Gasteiger partial charge in [0, 0.05) is 30.4 Å². The summed E-state index contributed by atoms with van der Waals surface area (Å²) in [5.74, 6) is -0.337. The summed E-state index contributed by atoms with van der Waals surface area (Å²) in [6, 6.07) is 26.9. The largest absolute Gasteiger partial charge is 0.455 e. The van der Waals surface area contributed by atoms with E-state index in [0.717, 1.165) is 27.9 Å². The van der Waals surface area contributed by atoms with Crippen LogP contribution in [-0.2, 0) is 22.4 Å². The van der Waals surface area contributed by atoms with Gasteiger partial charge in [0.15, 0.2) is 0 Å². The van der Waals surface area contributed by atoms with Crippen LogP contribution in [0.15, 0.2) is 97.5 Å². The van der Waals surface area contributed by atoms with Crippen LogP contribution in [0.5, 0.6) is 0 Å². The molecule has 0 saturated carbocycles. The molecule has 5 rings (SSSR count). The number of pyridine rings is 1. The number of aromatic nitrogens is 5. The molecule has 1 atom stereocenters. The second-order valence-corrected chi connectivity index (χ2v) is 8.90. The minimum atomic E-state index is -0.557. The Labute approximate surface area is 220 Å². The topological polar surface area (TPSA) is 135 Å². The lowest BCUT2D eigenvalue weighted by Gasteiger charge is -2.19. The summed E-state index contributed by atoms with van der Waals surface area (Å²) in [7, 11) is 0. The Morgan fingerprint density at radius 1 is 0.895 bits per heavy atom. The molecule has 38 heavy (non-hydrogen) atoms. The molecule has 190 valence electrons. The molecule has 4 N–H and O–H groups in total. The Kier molecular flexibility index (Phi) is 7.35. The van der Waals surface area contributed by atoms with Gasteiger partial charge in [0.2, 0.25) is 0 Å². The van der Waals surface area contributed by atoms with Crippen molar-refractivity contribution in [3.8, 4) is 16.8 Å². The van der Waals surface area contributed by atoms with Gasteiger partial charge < -0.3 is 16.2 Å². The molecule has 0 fully saturated rings. The fraction of sp³-hybridized carbons (Fsp3) is 0.138. The number of nitrogens with zero attached hydrogens (tertiary/aromatic N) is 5. The first-order chi connectivity index (χ1) is 18.5. The summed E-state index contributed by atoms with van der Waals surface area (Å²) in [5.41, 5.74) is 18.4. The Hall–Kier alpha value is -5.05. The van der Waals surface area contributed by atoms with Gasteiger partial charge in [-0.15, -0.1) is 5.10 Å². The number of carbonyl (C=O) groups is 1. The normalized spacial score (nSPS) is 11.7. The zero-order chi connectivity index (χ0) is 26.3. The zero-order valence-corrected chi connectivity index (χ0v) is 20.6. The molecule has 2 aromatic heterocycles. The lowest BCUT2D eigenvalue weighted by atomic mass is 10.0. The van der Waals surface area contributed by atoms with Crippen LogP contribution >= 0.6 is 0 Å². The predicted molar refractivity (Wildman–Crippen MR) is 145 cm³/mol. The molecule has 9 heteroatoms. The van der Waals surface area contributed by atoms with E-state index in [1.54, 1.807) is 16.9 Å². The van der Waals surface area contributed by atoms with Gasteiger partial charge in [-0.2, -0.15) is 0 Å². The highest BCUT2D eigenvalue weighted by Crippen LogP contribution is 2.27. The number of benzene rings is 3. The Morgan fingerprint density at radius 2 is 1.68 bits per heavy atom. The molecule has 3 aromatic carbocycles. The first-order valence-electron chi connectivity index (χ1n) is 12.2. The summed E-state index contributed by atoms with van der Waals surface area (Å²) in [6.45, 7) is 0. The van der Waals surface area contributed by atoms with Crippen molar-refractivity contribution in [2.24, 2.45) is 0 Å². The summed E-state index contributed by atoms with van der Waals surface area (Å²) in [5, 5.41) is 11.4. The monoisotopic (exact) mass is 505 g/mol. The molecule has 0 radical (unpaired) electrons. The van der Waals surface area contributed by atoms with Crippen LogP contribution in [0, 0.1) is 0 Å². The molecule has 0 aliphatic carbocycles. The number of hydrogen-bond donors (Lipinski definition) is 2. The van der Waals surface area contributed by atoms with Gasteiger partial charge in [0.1, 0.15) is 12.4 Å². The lowest BCUT2D eigenvalue weighted by Crippen LogP contribution is -2.16. The van der Waals surface area contributed by atoms with E-state index in [2.05, 4.69) is 20.5 Å². The number of aryl methyl sites for hydroxylation is 1. The maximum atomic E-state index is 13.1. The molecule has 0 amide bonds. The van der Waals surface area contributed by atoms with Crippen molar-refractivity contribution in [1.29, 1.82) is 0 Å². The Balaban J connectivity index is 1.36. The Morgan fingerprint density at radius 3 is 2.45 bits per heavy atom. The van der Waals surface area contributed by atoms with Crippen LogP contribution in [0.2, 0.25) is 0 Å². The number of carbonyl (C=O) groups excluding carboxylic acids is 1. The summed E-state index contributed by atoms with van der Waals surface area (Å²) < 4.78 is 7.58. The fourth-order valence-electron chi connectivity index (χ4n) is 4.27. The number of nitrogen functional groups attached to an aromatic ring is 2. The van der Waals surface area contributed by atoms with Crippen LogP contribution < -0.4 is 11.5 Å². The number of nitrogens with two attached hydrogens (primary N) is 2. The van der Waals surface area contributed by atoms with Crippen molar-refractivity contribution >= 4 is 17.3 Å². The van der Waals surface area contributed by atoms with Gasteiger partial charge in [-0.05, 0) is 81.6 Å². The highest BCUT2D eigenvalue weighted by atomic mass is 16.5. The third-order valence-corrected chi connectivity index (χ3v) is 6.19. The maximum Gasteiger partial charge on any atom is 0.306 e. The second kappa shape index (κ2) is 11.3. The average Bonchev–Trinajstić information content (AvgIpc) is 3.48. The van der Waals surface area contributed by atoms with Gasteiger partial charge in [0.25, 0.3) is 0 Å². The van der Waals surface area contributed by atoms with Crippen LogP contribution in [-0.4, -0.2) is 31.2 Å². The molecule has 0 bridgehead atoms. The molecule has 9 nitrogen and oxygen atoms in total. The smallest absolute Gasteiger partial charge is 0.306 e. The first-order valence-corrected chi connectivity index (χ1v) is 12.2. The highest BCUT2D eigenvalue weighted by molar-refractivity contribution is 5.71. The van der Waals surface area contributed by atoms with E-state index in [9.17, 15) is 4.79 Å². The lowest BCUT2D eigenvalue weighted by molar-refractivity contribution is -0.149. The Bertz CT molecular complexity index is 1500. The van der Waals surface area contributed by atoms with E-state index in [4.69, 9.17) is 16.2 Å². The standard InChI is InChI=1S/C29H27N7O2/c30-24-9-6-21(7-10-24)22-14-15-32-26(18-22)28(16-20-4-2-1-3-5-20)38-29(37)13-8-23-17-25(31)11-12-27(23)36-19-33-34-35-36/h1-7,9-12,14-15,17-19,28H,8,13,16,30-31H2/t28-/m0/s1. The van der Waals surface area contributed by atoms with Gasteiger partial charge >= 0.3 is 5.97 Å². The predicted octanol–water partition coefficient (Wildman–Crippen LogP) is 4.35. The third kappa shape index (κ3) is 6.01. The summed E-state index contributed by atoms with van der Waals surface area (Å²) in [6.07, 6.45) is 3.75. The van der Waals surface area contributed by atoms with Crippen LogP contribution in [0.3, 0.4) is 0 Å². The van der Waals surface area contributed by atoms with E-state index in [1.165, 1.54) is 6.33 Å². The first kappa shape index (κ1) is 24.6. The van der Waals surface area contributed by atoms with Crippen LogP contribution in [0.4, 0.5) is 11.4 Å². The molecule has 2 heterocycles. The number of anilines is 2. The SMILES string of the molecule is Nc1ccc(-c2ccnc([C@H](Cc3ccccc3)OC(=O)CCc3cc(N)ccc3-n3cnnn3)c2)cc1. The summed E-state index contributed by atoms with van der Waals surface area (Å²) in [4.78, 5) is 17.7. The molecular formula is C29H27N7O2. The number of hydrogen-bond acceptors (Lipinski definition) is 8. The molecule has 0 unspecified atom stereocenters. The zero-order valence-electron chi connectivity index (χ0n) is 20.6. The van der Waals surface area contributed by atoms with Crippen molar-refractivity contribution in [2.75, 3.05) is 11.5 Å². The van der Waals surface area contributed by atoms with Gasteiger partial charge in [-0.1, -0.05) is 42.5 Å². The van der Waals surface area contributed by atoms with E-state index < -0.39 is 6.10 Å². The number of esters is 1. The van der Waals surface area contributed by atoms with E-state index >= 15 is 0 Å². The van der Waals surface area contributed by atoms with Crippen LogP contribution in [0.25, 0.3) is 16.8 Å². The molecule has 0 spiro atoms. The summed E-state index contributed by atoms with van der Waals surface area (Å²) >= 11 is 0.